The Labute approximate surface area is 157 Å². The van der Waals surface area contributed by atoms with Crippen molar-refractivity contribution in [1.29, 1.82) is 0 Å². The molecule has 9 heteroatoms. The molecule has 0 saturated carbocycles. The van der Waals surface area contributed by atoms with Crippen molar-refractivity contribution < 1.29 is 22.4 Å². The van der Waals surface area contributed by atoms with Gasteiger partial charge in [-0.05, 0) is 42.8 Å². The maximum atomic E-state index is 13.6. The molecule has 0 spiro atoms. The lowest BCUT2D eigenvalue weighted by Gasteiger charge is -2.10. The summed E-state index contributed by atoms with van der Waals surface area (Å²) in [5.74, 6) is -1.51. The van der Waals surface area contributed by atoms with E-state index in [4.69, 9.17) is 0 Å². The number of anilines is 1. The second-order valence-corrected chi connectivity index (χ2v) is 7.32. The quantitative estimate of drug-likeness (QED) is 0.637. The van der Waals surface area contributed by atoms with Gasteiger partial charge in [-0.3, -0.25) is 14.3 Å². The van der Waals surface area contributed by atoms with E-state index in [0.717, 1.165) is 12.5 Å². The van der Waals surface area contributed by atoms with Gasteiger partial charge in [-0.15, -0.1) is 0 Å². The summed E-state index contributed by atoms with van der Waals surface area (Å²) in [5, 5.41) is 5.07. The Balaban J connectivity index is 2.02. The van der Waals surface area contributed by atoms with Crippen molar-refractivity contribution in [2.24, 2.45) is 0 Å². The number of rotatable bonds is 8. The molecular weight excluding hydrogens is 373 g/mol. The maximum Gasteiger partial charge on any atom is 0.261 e. The second kappa shape index (κ2) is 9.13. The summed E-state index contributed by atoms with van der Waals surface area (Å²) in [7, 11) is -4.00. The molecule has 0 aliphatic heterocycles. The average molecular weight is 393 g/mol. The molecule has 0 saturated heterocycles. The molecular formula is C18H20FN3O4S. The molecule has 0 radical (unpaired) electrons. The average Bonchev–Trinajstić information content (AvgIpc) is 2.66. The van der Waals surface area contributed by atoms with Crippen molar-refractivity contribution in [3.05, 3.63) is 59.9 Å². The topological polar surface area (TPSA) is 104 Å². The molecule has 3 N–H and O–H groups in total. The smallest absolute Gasteiger partial charge is 0.261 e. The first-order chi connectivity index (χ1) is 12.8. The van der Waals surface area contributed by atoms with Gasteiger partial charge in [0.15, 0.2) is 0 Å². The van der Waals surface area contributed by atoms with Gasteiger partial charge in [-0.25, -0.2) is 12.8 Å². The Morgan fingerprint density at radius 3 is 2.30 bits per heavy atom. The standard InChI is InChI=1S/C18H20FN3O4S/c1-2-11-20-17(23)12-21-18(24)13-7-9-14(10-8-13)27(25,26)22-16-6-4-3-5-15(16)19/h3-10,22H,2,11-12H2,1H3,(H,20,23)(H,21,24). The normalized spacial score (nSPS) is 10.9. The molecule has 0 aliphatic rings. The molecule has 144 valence electrons. The van der Waals surface area contributed by atoms with Crippen LogP contribution in [-0.2, 0) is 14.8 Å². The van der Waals surface area contributed by atoms with E-state index in [1.54, 1.807) is 0 Å². The highest BCUT2D eigenvalue weighted by Crippen LogP contribution is 2.19. The monoisotopic (exact) mass is 393 g/mol. The van der Waals surface area contributed by atoms with Gasteiger partial charge in [0, 0.05) is 12.1 Å². The first kappa shape index (κ1) is 20.4. The van der Waals surface area contributed by atoms with Crippen molar-refractivity contribution in [3.8, 4) is 0 Å². The minimum absolute atomic E-state index is 0.122. The van der Waals surface area contributed by atoms with E-state index < -0.39 is 21.7 Å². The number of benzene rings is 2. The van der Waals surface area contributed by atoms with Crippen LogP contribution in [0.5, 0.6) is 0 Å². The van der Waals surface area contributed by atoms with Crippen LogP contribution in [0.1, 0.15) is 23.7 Å². The molecule has 2 aromatic rings. The third-order valence-electron chi connectivity index (χ3n) is 3.53. The number of sulfonamides is 1. The Hall–Kier alpha value is -2.94. The van der Waals surface area contributed by atoms with Gasteiger partial charge >= 0.3 is 0 Å². The summed E-state index contributed by atoms with van der Waals surface area (Å²) in [6.45, 7) is 2.26. The predicted octanol–water partition coefficient (Wildman–Crippen LogP) is 1.88. The van der Waals surface area contributed by atoms with Gasteiger partial charge in [0.05, 0.1) is 17.1 Å². The fourth-order valence-corrected chi connectivity index (χ4v) is 3.19. The molecule has 0 aromatic heterocycles. The first-order valence-corrected chi connectivity index (χ1v) is 9.74. The van der Waals surface area contributed by atoms with Crippen LogP contribution in [0.15, 0.2) is 53.4 Å². The van der Waals surface area contributed by atoms with Crippen molar-refractivity contribution in [2.45, 2.75) is 18.2 Å². The summed E-state index contributed by atoms with van der Waals surface area (Å²) < 4.78 is 40.4. The van der Waals surface area contributed by atoms with Gasteiger partial charge in [0.1, 0.15) is 5.82 Å². The largest absolute Gasteiger partial charge is 0.355 e. The Morgan fingerprint density at radius 2 is 1.67 bits per heavy atom. The molecule has 2 amide bonds. The third-order valence-corrected chi connectivity index (χ3v) is 4.91. The van der Waals surface area contributed by atoms with E-state index in [1.807, 2.05) is 6.92 Å². The van der Waals surface area contributed by atoms with Crippen molar-refractivity contribution >= 4 is 27.5 Å². The van der Waals surface area contributed by atoms with Gasteiger partial charge in [-0.1, -0.05) is 19.1 Å². The summed E-state index contributed by atoms with van der Waals surface area (Å²) in [6.07, 6.45) is 0.788. The van der Waals surface area contributed by atoms with Gasteiger partial charge in [0.25, 0.3) is 15.9 Å². The van der Waals surface area contributed by atoms with Crippen molar-refractivity contribution in [3.63, 3.8) is 0 Å². The van der Waals surface area contributed by atoms with E-state index >= 15 is 0 Å². The van der Waals surface area contributed by atoms with Gasteiger partial charge in [-0.2, -0.15) is 0 Å². The number of hydrogen-bond acceptors (Lipinski definition) is 4. The lowest BCUT2D eigenvalue weighted by atomic mass is 10.2. The zero-order chi connectivity index (χ0) is 19.9. The molecule has 0 heterocycles. The second-order valence-electron chi connectivity index (χ2n) is 5.64. The predicted molar refractivity (Wildman–Crippen MR) is 99.3 cm³/mol. The molecule has 27 heavy (non-hydrogen) atoms. The van der Waals surface area contributed by atoms with Crippen LogP contribution in [0, 0.1) is 5.82 Å². The molecule has 2 aromatic carbocycles. The first-order valence-electron chi connectivity index (χ1n) is 8.26. The molecule has 0 aliphatic carbocycles. The van der Waals surface area contributed by atoms with E-state index in [2.05, 4.69) is 15.4 Å². The molecule has 0 bridgehead atoms. The van der Waals surface area contributed by atoms with Crippen LogP contribution in [0.25, 0.3) is 0 Å². The van der Waals surface area contributed by atoms with E-state index in [1.165, 1.54) is 42.5 Å². The highest BCUT2D eigenvalue weighted by Gasteiger charge is 2.17. The summed E-state index contributed by atoms with van der Waals surface area (Å²) in [4.78, 5) is 23.4. The molecule has 7 nitrogen and oxygen atoms in total. The van der Waals surface area contributed by atoms with E-state index in [-0.39, 0.29) is 28.6 Å². The number of para-hydroxylation sites is 1. The highest BCUT2D eigenvalue weighted by molar-refractivity contribution is 7.92. The number of carbonyl (C=O) groups excluding carboxylic acids is 2. The van der Waals surface area contributed by atoms with Crippen LogP contribution in [0.4, 0.5) is 10.1 Å². The van der Waals surface area contributed by atoms with Crippen LogP contribution in [0.2, 0.25) is 0 Å². The molecule has 0 fully saturated rings. The van der Waals surface area contributed by atoms with E-state index in [0.29, 0.717) is 6.54 Å². The van der Waals surface area contributed by atoms with Crippen LogP contribution >= 0.6 is 0 Å². The minimum atomic E-state index is -4.00. The van der Waals surface area contributed by atoms with Crippen LogP contribution in [-0.4, -0.2) is 33.3 Å². The summed E-state index contributed by atoms with van der Waals surface area (Å²) in [5.41, 5.74) is 0.0283. The fraction of sp³-hybridized carbons (Fsp3) is 0.222. The number of halogens is 1. The lowest BCUT2D eigenvalue weighted by Crippen LogP contribution is -2.37. The van der Waals surface area contributed by atoms with Crippen LogP contribution < -0.4 is 15.4 Å². The molecule has 2 rings (SSSR count). The van der Waals surface area contributed by atoms with E-state index in [9.17, 15) is 22.4 Å². The fourth-order valence-electron chi connectivity index (χ4n) is 2.12. The summed E-state index contributed by atoms with van der Waals surface area (Å²) in [6, 6.07) is 10.5. The number of amides is 2. The number of nitrogens with one attached hydrogen (secondary N) is 3. The van der Waals surface area contributed by atoms with Crippen LogP contribution in [0.3, 0.4) is 0 Å². The Morgan fingerprint density at radius 1 is 1.00 bits per heavy atom. The van der Waals surface area contributed by atoms with Crippen molar-refractivity contribution in [2.75, 3.05) is 17.8 Å². The molecule has 0 atom stereocenters. The Bertz CT molecular complexity index is 914. The maximum absolute atomic E-state index is 13.6. The zero-order valence-electron chi connectivity index (χ0n) is 14.7. The third kappa shape index (κ3) is 5.78. The van der Waals surface area contributed by atoms with Crippen molar-refractivity contribution in [1.82, 2.24) is 10.6 Å². The molecule has 0 unspecified atom stereocenters. The SMILES string of the molecule is CCCNC(=O)CNC(=O)c1ccc(S(=O)(=O)Nc2ccccc2F)cc1. The highest BCUT2D eigenvalue weighted by atomic mass is 32.2. The Kier molecular flexibility index (Phi) is 6.89. The summed E-state index contributed by atoms with van der Waals surface area (Å²) >= 11 is 0. The zero-order valence-corrected chi connectivity index (χ0v) is 15.5. The van der Waals surface area contributed by atoms with Gasteiger partial charge in [0.2, 0.25) is 5.91 Å². The lowest BCUT2D eigenvalue weighted by molar-refractivity contribution is -0.120. The number of hydrogen-bond donors (Lipinski definition) is 3. The minimum Gasteiger partial charge on any atom is -0.355 e. The van der Waals surface area contributed by atoms with Gasteiger partial charge < -0.3 is 10.6 Å². The number of carbonyl (C=O) groups is 2.